The highest BCUT2D eigenvalue weighted by Gasteiger charge is 2.55. The van der Waals surface area contributed by atoms with Crippen molar-refractivity contribution in [1.29, 1.82) is 0 Å². The van der Waals surface area contributed by atoms with Gasteiger partial charge in [-0.3, -0.25) is 4.79 Å². The van der Waals surface area contributed by atoms with E-state index in [9.17, 15) is 24.6 Å². The molecular formula is C61H88N2O17. The molecule has 0 aliphatic carbocycles. The van der Waals surface area contributed by atoms with Gasteiger partial charge in [-0.2, -0.15) is 0 Å². The van der Waals surface area contributed by atoms with E-state index in [-0.39, 0.29) is 45.5 Å². The van der Waals surface area contributed by atoms with Crippen molar-refractivity contribution < 1.29 is 81.5 Å². The molecule has 0 saturated carbocycles. The van der Waals surface area contributed by atoms with E-state index >= 15 is 0 Å². The summed E-state index contributed by atoms with van der Waals surface area (Å²) < 4.78 is 70.4. The lowest BCUT2D eigenvalue weighted by atomic mass is 9.73. The number of hydrogen-bond donors (Lipinski definition) is 2. The number of likely N-dealkylation sites (N-methyl/N-ethyl adjacent to an activating group) is 1. The molecule has 3 aliphatic rings. The van der Waals surface area contributed by atoms with Crippen LogP contribution >= 0.6 is 0 Å². The molecule has 1 amide bonds. The molecule has 0 radical (unpaired) electrons. The van der Waals surface area contributed by atoms with Crippen molar-refractivity contribution >= 4 is 23.9 Å². The molecule has 19 nitrogen and oxygen atoms in total. The van der Waals surface area contributed by atoms with E-state index in [1.165, 1.54) is 18.9 Å². The third-order valence-electron chi connectivity index (χ3n) is 16.5. The molecule has 3 aromatic carbocycles. The molecule has 3 fully saturated rings. The number of carbonyl (C=O) groups excluding carboxylic acids is 3. The van der Waals surface area contributed by atoms with Gasteiger partial charge in [-0.05, 0) is 77.5 Å². The Bertz CT molecular complexity index is 2440. The van der Waals surface area contributed by atoms with Crippen LogP contribution in [0.4, 0.5) is 9.59 Å². The van der Waals surface area contributed by atoms with E-state index in [2.05, 4.69) is 0 Å². The average molecular weight is 1120 g/mol. The number of amides is 1. The van der Waals surface area contributed by atoms with Gasteiger partial charge in [0.05, 0.1) is 59.4 Å². The monoisotopic (exact) mass is 1120 g/mol. The zero-order valence-corrected chi connectivity index (χ0v) is 49.2. The molecule has 19 heteroatoms. The Morgan fingerprint density at radius 3 is 1.82 bits per heavy atom. The number of methoxy groups -OCH3 is 3. The van der Waals surface area contributed by atoms with Crippen molar-refractivity contribution in [2.45, 2.75) is 199 Å². The molecule has 80 heavy (non-hydrogen) atoms. The average Bonchev–Trinajstić information content (AvgIpc) is 3.56. The van der Waals surface area contributed by atoms with E-state index in [0.29, 0.717) is 11.3 Å². The van der Waals surface area contributed by atoms with Gasteiger partial charge in [0.15, 0.2) is 18.7 Å². The van der Waals surface area contributed by atoms with Gasteiger partial charge < -0.3 is 72.1 Å². The molecule has 0 spiro atoms. The van der Waals surface area contributed by atoms with Gasteiger partial charge in [-0.25, -0.2) is 9.59 Å². The van der Waals surface area contributed by atoms with Crippen LogP contribution in [0, 0.1) is 23.7 Å². The summed E-state index contributed by atoms with van der Waals surface area (Å²) in [6.45, 7) is 17.7. The number of cyclic esters (lactones) is 1. The molecule has 0 bridgehead atoms. The highest BCUT2D eigenvalue weighted by molar-refractivity contribution is 5.89. The van der Waals surface area contributed by atoms with Crippen LogP contribution in [0.1, 0.15) is 112 Å². The lowest BCUT2D eigenvalue weighted by molar-refractivity contribution is -0.320. The minimum atomic E-state index is -1.99. The molecule has 18 atom stereocenters. The third-order valence-corrected chi connectivity index (χ3v) is 16.5. The predicted octanol–water partition coefficient (Wildman–Crippen LogP) is 9.17. The van der Waals surface area contributed by atoms with Crippen LogP contribution in [0.25, 0.3) is 0 Å². The Balaban J connectivity index is 1.49. The molecule has 0 aromatic heterocycles. The molecule has 3 saturated heterocycles. The van der Waals surface area contributed by atoms with E-state index in [1.807, 2.05) is 133 Å². The van der Waals surface area contributed by atoms with Crippen molar-refractivity contribution in [2.75, 3.05) is 28.4 Å². The standard InChI is InChI=1S/C61H88N2O17/c1-15-47-61(10,68)52(64)39(4)49(62-74-36-45-29-23-18-24-30-45)37(2)32-59(8,70-13)53(40(5)50(41(6)55(65)77-47)78-48-33-60(9,71-14)54(69-12)42(7)76-48)80-56-51(79-58(67)73-35-44-27-21-17-22-28-44)46(31-38(3)75-56)63(11)57(66)72-34-43-25-19-16-20-26-43/h16-30,37-42,46-48,50-54,56,64,68H,15,31-36H2,1-14H3/b62-49+/t37-,38-,39+,40+,41-,42+,46+,47-,48+,50+,51-,52-,53-,54+,56+,59-,60-,61-/m1/s1. The molecule has 3 aromatic rings. The van der Waals surface area contributed by atoms with Crippen molar-refractivity contribution in [2.24, 2.45) is 28.8 Å². The summed E-state index contributed by atoms with van der Waals surface area (Å²) in [5, 5.41) is 29.4. The van der Waals surface area contributed by atoms with Gasteiger partial charge in [-0.1, -0.05) is 124 Å². The number of aliphatic hydroxyl groups is 2. The molecule has 6 rings (SSSR count). The third kappa shape index (κ3) is 15.7. The minimum absolute atomic E-state index is 0.0206. The fourth-order valence-electron chi connectivity index (χ4n) is 11.8. The number of ether oxygens (including phenoxy) is 11. The Morgan fingerprint density at radius 1 is 0.725 bits per heavy atom. The highest BCUT2D eigenvalue weighted by Crippen LogP contribution is 2.43. The fraction of sp³-hybridized carbons (Fsp3) is 0.639. The Morgan fingerprint density at radius 2 is 1.27 bits per heavy atom. The van der Waals surface area contributed by atoms with Crippen molar-refractivity contribution in [3.05, 3.63) is 108 Å². The number of oxime groups is 1. The topological polar surface area (TPSA) is 218 Å². The molecule has 2 N–H and O–H groups in total. The summed E-state index contributed by atoms with van der Waals surface area (Å²) in [6.07, 6.45) is -11.6. The number of aliphatic hydroxyl groups excluding tert-OH is 1. The molecular weight excluding hydrogens is 1030 g/mol. The fourth-order valence-corrected chi connectivity index (χ4v) is 11.8. The summed E-state index contributed by atoms with van der Waals surface area (Å²) in [6, 6.07) is 26.9. The number of rotatable bonds is 17. The zero-order valence-electron chi connectivity index (χ0n) is 49.2. The quantitative estimate of drug-likeness (QED) is 0.0731. The van der Waals surface area contributed by atoms with Gasteiger partial charge in [0, 0.05) is 52.6 Å². The van der Waals surface area contributed by atoms with E-state index in [0.717, 1.165) is 11.1 Å². The highest BCUT2D eigenvalue weighted by atomic mass is 16.8. The van der Waals surface area contributed by atoms with Gasteiger partial charge in [0.1, 0.15) is 37.6 Å². The second-order valence-corrected chi connectivity index (χ2v) is 22.5. The van der Waals surface area contributed by atoms with Crippen molar-refractivity contribution in [3.8, 4) is 0 Å². The van der Waals surface area contributed by atoms with Gasteiger partial charge in [0.2, 0.25) is 0 Å². The van der Waals surface area contributed by atoms with Crippen LogP contribution in [0.2, 0.25) is 0 Å². The number of benzene rings is 3. The molecule has 3 aliphatic heterocycles. The maximum absolute atomic E-state index is 15.0. The first-order valence-corrected chi connectivity index (χ1v) is 27.9. The maximum Gasteiger partial charge on any atom is 0.509 e. The lowest BCUT2D eigenvalue weighted by Crippen LogP contribution is -2.62. The molecule has 0 unspecified atom stereocenters. The summed E-state index contributed by atoms with van der Waals surface area (Å²) in [5.74, 6) is -4.20. The predicted molar refractivity (Wildman–Crippen MR) is 296 cm³/mol. The van der Waals surface area contributed by atoms with Gasteiger partial charge >= 0.3 is 18.2 Å². The van der Waals surface area contributed by atoms with E-state index in [1.54, 1.807) is 42.0 Å². The Labute approximate surface area is 472 Å². The lowest BCUT2D eigenvalue weighted by Gasteiger charge is -2.50. The Hall–Kier alpha value is -5.22. The van der Waals surface area contributed by atoms with Gasteiger partial charge in [-0.15, -0.1) is 0 Å². The van der Waals surface area contributed by atoms with Crippen molar-refractivity contribution in [3.63, 3.8) is 0 Å². The summed E-state index contributed by atoms with van der Waals surface area (Å²) >= 11 is 0. The second kappa shape index (κ2) is 28.7. The SMILES string of the molecule is CC[C@H]1OC(=O)[C@H](C)[C@@H](O[C@H]2C[C@@](C)(OC)[C@@H](OC)[C@H](C)O2)[C@H](C)[C@@H](O[C@@H]2O[C@H](C)C[C@H](N(C)C(=O)OCc3ccccc3)[C@H]2OC(=O)OCc2ccccc2)[C@](C)(OC)C[C@@H](C)/C(=N\OCc2ccccc2)[C@H](C)[C@@H](O)[C@]1(C)O. The Kier molecular flexibility index (Phi) is 22.9. The van der Waals surface area contributed by atoms with Crippen LogP contribution in [0.3, 0.4) is 0 Å². The summed E-state index contributed by atoms with van der Waals surface area (Å²) in [4.78, 5) is 50.5. The number of carbonyl (C=O) groups is 3. The largest absolute Gasteiger partial charge is 0.509 e. The maximum atomic E-state index is 15.0. The van der Waals surface area contributed by atoms with Gasteiger partial charge in [0.25, 0.3) is 0 Å². The van der Waals surface area contributed by atoms with Crippen LogP contribution in [0.15, 0.2) is 96.2 Å². The molecule has 444 valence electrons. The number of nitrogens with zero attached hydrogens (tertiary/aromatic N) is 2. The van der Waals surface area contributed by atoms with Crippen LogP contribution in [-0.4, -0.2) is 152 Å². The number of hydrogen-bond acceptors (Lipinski definition) is 18. The normalized spacial score (nSPS) is 36.0. The van der Waals surface area contributed by atoms with E-state index in [4.69, 9.17) is 62.1 Å². The summed E-state index contributed by atoms with van der Waals surface area (Å²) in [5.41, 5.74) is -1.59. The first kappa shape index (κ1) is 64.0. The van der Waals surface area contributed by atoms with Crippen LogP contribution in [0.5, 0.6) is 0 Å². The van der Waals surface area contributed by atoms with Crippen molar-refractivity contribution in [1.82, 2.24) is 4.90 Å². The first-order valence-electron chi connectivity index (χ1n) is 27.9. The summed E-state index contributed by atoms with van der Waals surface area (Å²) in [7, 11) is 6.27. The minimum Gasteiger partial charge on any atom is -0.459 e. The second-order valence-electron chi connectivity index (χ2n) is 22.5. The zero-order chi connectivity index (χ0) is 58.5. The van der Waals surface area contributed by atoms with Crippen LogP contribution < -0.4 is 0 Å². The number of esters is 1. The van der Waals surface area contributed by atoms with E-state index < -0.39 is 126 Å². The smallest absolute Gasteiger partial charge is 0.459 e. The first-order chi connectivity index (χ1) is 38.0. The van der Waals surface area contributed by atoms with Crippen LogP contribution in [-0.2, 0) is 81.6 Å². The molecule has 3 heterocycles.